The highest BCUT2D eigenvalue weighted by Crippen LogP contribution is 2.26. The number of nitrogens with zero attached hydrogens (tertiary/aromatic N) is 4. The first kappa shape index (κ1) is 12.3. The minimum atomic E-state index is 0.0922. The summed E-state index contributed by atoms with van der Waals surface area (Å²) in [4.78, 5) is 12.2. The quantitative estimate of drug-likeness (QED) is 0.674. The second-order valence-corrected chi connectivity index (χ2v) is 4.26. The van der Waals surface area contributed by atoms with Gasteiger partial charge in [-0.25, -0.2) is 9.97 Å². The van der Waals surface area contributed by atoms with Crippen LogP contribution >= 0.6 is 11.6 Å². The second kappa shape index (κ2) is 5.11. The standard InChI is InChI=1S/C14H7ClN4O/c15-14-18-11(10-3-4-17-8-9(10)7-16)6-12(19-14)13-2-1-5-20-13/h1-6,8H. The molecule has 0 atom stereocenters. The lowest BCUT2D eigenvalue weighted by atomic mass is 10.1. The van der Waals surface area contributed by atoms with Crippen LogP contribution < -0.4 is 0 Å². The first-order valence-electron chi connectivity index (χ1n) is 5.71. The summed E-state index contributed by atoms with van der Waals surface area (Å²) in [5.74, 6) is 0.586. The number of aromatic nitrogens is 3. The smallest absolute Gasteiger partial charge is 0.223 e. The first-order chi connectivity index (χ1) is 9.78. The molecule has 96 valence electrons. The van der Waals surface area contributed by atoms with Crippen LogP contribution in [0.1, 0.15) is 5.56 Å². The number of rotatable bonds is 2. The second-order valence-electron chi connectivity index (χ2n) is 3.92. The highest BCUT2D eigenvalue weighted by molar-refractivity contribution is 6.28. The fraction of sp³-hybridized carbons (Fsp3) is 0. The summed E-state index contributed by atoms with van der Waals surface area (Å²) in [7, 11) is 0. The molecule has 3 aromatic heterocycles. The number of hydrogen-bond acceptors (Lipinski definition) is 5. The van der Waals surface area contributed by atoms with Gasteiger partial charge in [0.2, 0.25) is 5.28 Å². The van der Waals surface area contributed by atoms with Crippen LogP contribution in [0, 0.1) is 11.3 Å². The third-order valence-corrected chi connectivity index (χ3v) is 2.86. The molecule has 0 aliphatic carbocycles. The van der Waals surface area contributed by atoms with Gasteiger partial charge in [-0.3, -0.25) is 4.98 Å². The molecule has 0 aliphatic heterocycles. The molecular formula is C14H7ClN4O. The molecule has 0 aromatic carbocycles. The van der Waals surface area contributed by atoms with E-state index < -0.39 is 0 Å². The molecule has 0 saturated heterocycles. The fourth-order valence-electron chi connectivity index (χ4n) is 1.81. The summed E-state index contributed by atoms with van der Waals surface area (Å²) in [6, 6.07) is 9.05. The molecule has 0 radical (unpaired) electrons. The third kappa shape index (κ3) is 2.25. The van der Waals surface area contributed by atoms with Gasteiger partial charge in [-0.05, 0) is 35.9 Å². The molecular weight excluding hydrogens is 276 g/mol. The Morgan fingerprint density at radius 2 is 2.05 bits per heavy atom. The molecule has 3 aromatic rings. The van der Waals surface area contributed by atoms with Crippen LogP contribution in [0.25, 0.3) is 22.7 Å². The Kier molecular flexibility index (Phi) is 3.15. The minimum Gasteiger partial charge on any atom is -0.463 e. The Morgan fingerprint density at radius 1 is 1.20 bits per heavy atom. The van der Waals surface area contributed by atoms with Crippen LogP contribution in [0.3, 0.4) is 0 Å². The Labute approximate surface area is 119 Å². The molecule has 3 rings (SSSR count). The molecule has 20 heavy (non-hydrogen) atoms. The van der Waals surface area contributed by atoms with E-state index in [4.69, 9.17) is 21.3 Å². The number of pyridine rings is 1. The Morgan fingerprint density at radius 3 is 2.80 bits per heavy atom. The van der Waals surface area contributed by atoms with Gasteiger partial charge in [0.1, 0.15) is 11.8 Å². The van der Waals surface area contributed by atoms with Crippen molar-refractivity contribution in [3.8, 4) is 28.8 Å². The fourth-order valence-corrected chi connectivity index (χ4v) is 2.00. The van der Waals surface area contributed by atoms with Crippen LogP contribution in [0.15, 0.2) is 47.3 Å². The van der Waals surface area contributed by atoms with Gasteiger partial charge in [0.05, 0.1) is 17.5 Å². The van der Waals surface area contributed by atoms with Gasteiger partial charge in [-0.2, -0.15) is 5.26 Å². The van der Waals surface area contributed by atoms with Crippen LogP contribution in [-0.4, -0.2) is 15.0 Å². The van der Waals surface area contributed by atoms with Gasteiger partial charge in [-0.15, -0.1) is 0 Å². The average Bonchev–Trinajstić information content (AvgIpc) is 3.01. The summed E-state index contributed by atoms with van der Waals surface area (Å²) >= 11 is 5.95. The van der Waals surface area contributed by atoms with Crippen molar-refractivity contribution in [1.82, 2.24) is 15.0 Å². The molecule has 0 spiro atoms. The van der Waals surface area contributed by atoms with E-state index in [1.165, 1.54) is 6.20 Å². The van der Waals surface area contributed by atoms with Crippen molar-refractivity contribution < 1.29 is 4.42 Å². The summed E-state index contributed by atoms with van der Waals surface area (Å²) in [6.45, 7) is 0. The number of halogens is 1. The summed E-state index contributed by atoms with van der Waals surface area (Å²) in [5, 5.41) is 9.21. The molecule has 0 N–H and O–H groups in total. The Balaban J connectivity index is 2.18. The molecule has 6 heteroatoms. The molecule has 0 aliphatic rings. The molecule has 0 bridgehead atoms. The lowest BCUT2D eigenvalue weighted by Gasteiger charge is -2.05. The van der Waals surface area contributed by atoms with Gasteiger partial charge >= 0.3 is 0 Å². The SMILES string of the molecule is N#Cc1cnccc1-c1cc(-c2ccco2)nc(Cl)n1. The van der Waals surface area contributed by atoms with Crippen LogP contribution in [-0.2, 0) is 0 Å². The van der Waals surface area contributed by atoms with Crippen LogP contribution in [0.5, 0.6) is 0 Å². The molecule has 3 heterocycles. The summed E-state index contributed by atoms with van der Waals surface area (Å²) < 4.78 is 5.30. The minimum absolute atomic E-state index is 0.0922. The summed E-state index contributed by atoms with van der Waals surface area (Å²) in [6.07, 6.45) is 4.63. The Hall–Kier alpha value is -2.71. The van der Waals surface area contributed by atoms with Gasteiger partial charge in [0, 0.05) is 18.0 Å². The molecule has 0 fully saturated rings. The normalized spacial score (nSPS) is 10.2. The average molecular weight is 283 g/mol. The van der Waals surface area contributed by atoms with E-state index in [0.29, 0.717) is 28.3 Å². The van der Waals surface area contributed by atoms with E-state index in [-0.39, 0.29) is 5.28 Å². The zero-order valence-electron chi connectivity index (χ0n) is 10.1. The van der Waals surface area contributed by atoms with Crippen molar-refractivity contribution in [2.24, 2.45) is 0 Å². The van der Waals surface area contributed by atoms with E-state index in [0.717, 1.165) is 0 Å². The van der Waals surface area contributed by atoms with E-state index >= 15 is 0 Å². The van der Waals surface area contributed by atoms with E-state index in [1.54, 1.807) is 36.7 Å². The van der Waals surface area contributed by atoms with Gasteiger partial charge in [-0.1, -0.05) is 0 Å². The summed E-state index contributed by atoms with van der Waals surface area (Å²) in [5.41, 5.74) is 2.19. The van der Waals surface area contributed by atoms with Crippen molar-refractivity contribution in [3.05, 3.63) is 53.8 Å². The number of furan rings is 1. The molecule has 5 nitrogen and oxygen atoms in total. The predicted octanol–water partition coefficient (Wildman–Crippen LogP) is 3.32. The monoisotopic (exact) mass is 282 g/mol. The van der Waals surface area contributed by atoms with Gasteiger partial charge < -0.3 is 4.42 Å². The van der Waals surface area contributed by atoms with Gasteiger partial charge in [0.15, 0.2) is 5.76 Å². The molecule has 0 amide bonds. The van der Waals surface area contributed by atoms with Crippen molar-refractivity contribution in [2.75, 3.05) is 0 Å². The number of hydrogen-bond donors (Lipinski definition) is 0. The highest BCUT2D eigenvalue weighted by Gasteiger charge is 2.12. The lowest BCUT2D eigenvalue weighted by molar-refractivity contribution is 0.580. The van der Waals surface area contributed by atoms with Crippen LogP contribution in [0.2, 0.25) is 5.28 Å². The molecule has 0 unspecified atom stereocenters. The zero-order valence-corrected chi connectivity index (χ0v) is 10.9. The number of nitriles is 1. The first-order valence-corrected chi connectivity index (χ1v) is 6.08. The van der Waals surface area contributed by atoms with Crippen LogP contribution in [0.4, 0.5) is 0 Å². The highest BCUT2D eigenvalue weighted by atomic mass is 35.5. The Bertz CT molecular complexity index is 793. The van der Waals surface area contributed by atoms with E-state index in [2.05, 4.69) is 21.0 Å². The van der Waals surface area contributed by atoms with Crippen molar-refractivity contribution in [1.29, 1.82) is 5.26 Å². The van der Waals surface area contributed by atoms with Crippen molar-refractivity contribution >= 4 is 11.6 Å². The predicted molar refractivity (Wildman–Crippen MR) is 72.7 cm³/mol. The van der Waals surface area contributed by atoms with Crippen molar-refractivity contribution in [3.63, 3.8) is 0 Å². The maximum atomic E-state index is 9.12. The lowest BCUT2D eigenvalue weighted by Crippen LogP contribution is -1.93. The zero-order chi connectivity index (χ0) is 13.9. The van der Waals surface area contributed by atoms with Crippen molar-refractivity contribution in [2.45, 2.75) is 0 Å². The maximum absolute atomic E-state index is 9.12. The third-order valence-electron chi connectivity index (χ3n) is 2.69. The topological polar surface area (TPSA) is 75.6 Å². The van der Waals surface area contributed by atoms with E-state index in [1.807, 2.05) is 0 Å². The van der Waals surface area contributed by atoms with Gasteiger partial charge in [0.25, 0.3) is 0 Å². The molecule has 0 saturated carbocycles. The largest absolute Gasteiger partial charge is 0.463 e. The van der Waals surface area contributed by atoms with E-state index in [9.17, 15) is 0 Å². The maximum Gasteiger partial charge on any atom is 0.223 e.